The van der Waals surface area contributed by atoms with Crippen LogP contribution in [0.5, 0.6) is 5.75 Å². The van der Waals surface area contributed by atoms with Gasteiger partial charge in [-0.25, -0.2) is 0 Å². The van der Waals surface area contributed by atoms with Crippen molar-refractivity contribution in [3.8, 4) is 5.75 Å². The monoisotopic (exact) mass is 226 g/mol. The zero-order chi connectivity index (χ0) is 11.3. The molecule has 1 aromatic rings. The van der Waals surface area contributed by atoms with Crippen LogP contribution < -0.4 is 10.5 Å². The maximum absolute atomic E-state index is 7.23. The van der Waals surface area contributed by atoms with Crippen molar-refractivity contribution in [2.45, 2.75) is 18.7 Å². The molecule has 0 radical (unpaired) electrons. The van der Waals surface area contributed by atoms with Crippen LogP contribution in [0.25, 0.3) is 0 Å². The maximum Gasteiger partial charge on any atom is 0.122 e. The zero-order valence-electron chi connectivity index (χ0n) is 8.66. The maximum atomic E-state index is 7.23. The second-order valence-electron chi connectivity index (χ2n) is 3.17. The molecule has 0 aromatic heterocycles. The highest BCUT2D eigenvalue weighted by molar-refractivity contribution is 6.31. The van der Waals surface area contributed by atoms with Gasteiger partial charge in [0.1, 0.15) is 11.6 Å². The molecule has 0 amide bonds. The van der Waals surface area contributed by atoms with Crippen molar-refractivity contribution in [3.05, 3.63) is 29.8 Å². The predicted octanol–water partition coefficient (Wildman–Crippen LogP) is 2.17. The molecule has 0 spiro atoms. The molecule has 0 saturated heterocycles. The van der Waals surface area contributed by atoms with Gasteiger partial charge in [-0.3, -0.25) is 5.41 Å². The summed E-state index contributed by atoms with van der Waals surface area (Å²) in [4.78, 5) is 0. The van der Waals surface area contributed by atoms with Crippen LogP contribution in [0.1, 0.15) is 12.5 Å². The lowest BCUT2D eigenvalue weighted by Crippen LogP contribution is -2.24. The minimum absolute atomic E-state index is 0.0111. The van der Waals surface area contributed by atoms with Gasteiger partial charge >= 0.3 is 0 Å². The van der Waals surface area contributed by atoms with E-state index in [2.05, 4.69) is 0 Å². The third-order valence-corrected chi connectivity index (χ3v) is 2.40. The Balaban J connectivity index is 2.79. The summed E-state index contributed by atoms with van der Waals surface area (Å²) < 4.78 is 5.45. The second-order valence-corrected chi connectivity index (χ2v) is 3.69. The first-order chi connectivity index (χ1) is 7.15. The lowest BCUT2D eigenvalue weighted by atomic mass is 10.1. The molecule has 1 atom stereocenters. The Bertz CT molecular complexity index is 341. The molecule has 0 saturated carbocycles. The van der Waals surface area contributed by atoms with Gasteiger partial charge in [-0.15, -0.1) is 11.6 Å². The van der Waals surface area contributed by atoms with Crippen LogP contribution in [-0.2, 0) is 6.42 Å². The SMILES string of the molecule is CCOc1ccccc1CC(Cl)C(=N)N. The quantitative estimate of drug-likeness (QED) is 0.459. The van der Waals surface area contributed by atoms with E-state index >= 15 is 0 Å². The van der Waals surface area contributed by atoms with Gasteiger partial charge in [0, 0.05) is 0 Å². The van der Waals surface area contributed by atoms with Crippen molar-refractivity contribution < 1.29 is 4.74 Å². The van der Waals surface area contributed by atoms with Crippen LogP contribution in [-0.4, -0.2) is 17.8 Å². The van der Waals surface area contributed by atoms with Crippen LogP contribution in [0.4, 0.5) is 0 Å². The smallest absolute Gasteiger partial charge is 0.122 e. The largest absolute Gasteiger partial charge is 0.494 e. The number of para-hydroxylation sites is 1. The Morgan fingerprint density at radius 1 is 1.53 bits per heavy atom. The number of nitrogens with two attached hydrogens (primary N) is 1. The molecule has 1 unspecified atom stereocenters. The molecule has 3 nitrogen and oxygen atoms in total. The number of benzene rings is 1. The fraction of sp³-hybridized carbons (Fsp3) is 0.364. The van der Waals surface area contributed by atoms with E-state index in [0.29, 0.717) is 13.0 Å². The normalized spacial score (nSPS) is 12.1. The molecule has 3 N–H and O–H groups in total. The van der Waals surface area contributed by atoms with Crippen molar-refractivity contribution in [1.82, 2.24) is 0 Å². The molecule has 0 heterocycles. The van der Waals surface area contributed by atoms with Gasteiger partial charge in [0.05, 0.1) is 12.0 Å². The molecule has 0 bridgehead atoms. The molecule has 0 aliphatic heterocycles. The van der Waals surface area contributed by atoms with Crippen LogP contribution in [0, 0.1) is 5.41 Å². The Morgan fingerprint density at radius 2 is 2.20 bits per heavy atom. The Kier molecular flexibility index (Phi) is 4.43. The van der Waals surface area contributed by atoms with E-state index in [4.69, 9.17) is 27.5 Å². The molecule has 0 aliphatic rings. The first-order valence-electron chi connectivity index (χ1n) is 4.83. The van der Waals surface area contributed by atoms with Gasteiger partial charge in [-0.05, 0) is 25.0 Å². The third kappa shape index (κ3) is 3.44. The fourth-order valence-corrected chi connectivity index (χ4v) is 1.44. The fourth-order valence-electron chi connectivity index (χ4n) is 1.27. The molecular weight excluding hydrogens is 212 g/mol. The summed E-state index contributed by atoms with van der Waals surface area (Å²) in [7, 11) is 0. The van der Waals surface area contributed by atoms with Gasteiger partial charge in [-0.1, -0.05) is 18.2 Å². The lowest BCUT2D eigenvalue weighted by molar-refractivity contribution is 0.336. The molecule has 0 aliphatic carbocycles. The standard InChI is InChI=1S/C11H15ClN2O/c1-2-15-10-6-4-3-5-8(10)7-9(12)11(13)14/h3-6,9H,2,7H2,1H3,(H3,13,14). The molecular formula is C11H15ClN2O. The predicted molar refractivity (Wildman–Crippen MR) is 62.9 cm³/mol. The minimum Gasteiger partial charge on any atom is -0.494 e. The van der Waals surface area contributed by atoms with Crippen LogP contribution in [0.2, 0.25) is 0 Å². The summed E-state index contributed by atoms with van der Waals surface area (Å²) in [6, 6.07) is 7.65. The highest BCUT2D eigenvalue weighted by Gasteiger charge is 2.11. The lowest BCUT2D eigenvalue weighted by Gasteiger charge is -2.12. The minimum atomic E-state index is -0.466. The molecule has 1 rings (SSSR count). The number of hydrogen-bond donors (Lipinski definition) is 2. The highest BCUT2D eigenvalue weighted by Crippen LogP contribution is 2.20. The number of hydrogen-bond acceptors (Lipinski definition) is 2. The summed E-state index contributed by atoms with van der Waals surface area (Å²) in [6.07, 6.45) is 0.521. The Morgan fingerprint density at radius 3 is 2.80 bits per heavy atom. The summed E-state index contributed by atoms with van der Waals surface area (Å²) >= 11 is 5.92. The summed E-state index contributed by atoms with van der Waals surface area (Å²) in [6.45, 7) is 2.55. The number of amidine groups is 1. The average molecular weight is 227 g/mol. The van der Waals surface area contributed by atoms with Gasteiger partial charge in [-0.2, -0.15) is 0 Å². The summed E-state index contributed by atoms with van der Waals surface area (Å²) in [5.74, 6) is 0.801. The Hall–Kier alpha value is -1.22. The summed E-state index contributed by atoms with van der Waals surface area (Å²) in [5, 5.41) is 6.76. The van der Waals surface area contributed by atoms with E-state index in [1.807, 2.05) is 31.2 Å². The van der Waals surface area contributed by atoms with E-state index in [0.717, 1.165) is 11.3 Å². The average Bonchev–Trinajstić information content (AvgIpc) is 2.21. The van der Waals surface area contributed by atoms with E-state index in [1.54, 1.807) is 0 Å². The van der Waals surface area contributed by atoms with Crippen LogP contribution >= 0.6 is 11.6 Å². The van der Waals surface area contributed by atoms with Crippen LogP contribution in [0.3, 0.4) is 0 Å². The van der Waals surface area contributed by atoms with Crippen molar-refractivity contribution >= 4 is 17.4 Å². The summed E-state index contributed by atoms with van der Waals surface area (Å²) in [5.41, 5.74) is 6.30. The van der Waals surface area contributed by atoms with E-state index in [9.17, 15) is 0 Å². The number of halogens is 1. The molecule has 82 valence electrons. The van der Waals surface area contributed by atoms with Crippen molar-refractivity contribution in [2.75, 3.05) is 6.61 Å². The third-order valence-electron chi connectivity index (χ3n) is 2.01. The topological polar surface area (TPSA) is 59.1 Å². The number of alkyl halides is 1. The van der Waals surface area contributed by atoms with Gasteiger partial charge in [0.25, 0.3) is 0 Å². The number of rotatable bonds is 5. The second kappa shape index (κ2) is 5.61. The van der Waals surface area contributed by atoms with Crippen molar-refractivity contribution in [1.29, 1.82) is 5.41 Å². The van der Waals surface area contributed by atoms with Gasteiger partial charge < -0.3 is 10.5 Å². The van der Waals surface area contributed by atoms with E-state index in [-0.39, 0.29) is 5.84 Å². The highest BCUT2D eigenvalue weighted by atomic mass is 35.5. The van der Waals surface area contributed by atoms with Crippen molar-refractivity contribution in [2.24, 2.45) is 5.73 Å². The van der Waals surface area contributed by atoms with Crippen LogP contribution in [0.15, 0.2) is 24.3 Å². The van der Waals surface area contributed by atoms with Gasteiger partial charge in [0.15, 0.2) is 0 Å². The Labute approximate surface area is 94.7 Å². The molecule has 4 heteroatoms. The van der Waals surface area contributed by atoms with E-state index < -0.39 is 5.38 Å². The number of nitrogens with one attached hydrogen (secondary N) is 1. The van der Waals surface area contributed by atoms with Gasteiger partial charge in [0.2, 0.25) is 0 Å². The zero-order valence-corrected chi connectivity index (χ0v) is 9.42. The van der Waals surface area contributed by atoms with Crippen molar-refractivity contribution in [3.63, 3.8) is 0 Å². The number of ether oxygens (including phenoxy) is 1. The van der Waals surface area contributed by atoms with E-state index in [1.165, 1.54) is 0 Å². The first-order valence-corrected chi connectivity index (χ1v) is 5.27. The molecule has 0 fully saturated rings. The molecule has 1 aromatic carbocycles. The first kappa shape index (κ1) is 11.9. The molecule has 15 heavy (non-hydrogen) atoms.